The largest absolute Gasteiger partial charge is 0.444 e. The average Bonchev–Trinajstić information content (AvgIpc) is 4.00. The third kappa shape index (κ3) is 21.9. The van der Waals surface area contributed by atoms with Crippen LogP contribution >= 0.6 is 0 Å². The zero-order valence-electron chi connectivity index (χ0n) is 51.7. The predicted molar refractivity (Wildman–Crippen MR) is 305 cm³/mol. The number of nitrogens with zero attached hydrogens (tertiary/aromatic N) is 3. The second-order valence-electron chi connectivity index (χ2n) is 23.5. The lowest BCUT2D eigenvalue weighted by molar-refractivity contribution is -0.181. The van der Waals surface area contributed by atoms with E-state index in [2.05, 4.69) is 21.3 Å². The Kier molecular flexibility index (Phi) is 30.7. The molecule has 81 heavy (non-hydrogen) atoms. The monoisotopic (exact) mass is 1150 g/mol. The molecule has 1 saturated heterocycles. The Bertz CT molecular complexity index is 2140. The third-order valence-corrected chi connectivity index (χ3v) is 15.3. The van der Waals surface area contributed by atoms with Gasteiger partial charge in [0.25, 0.3) is 6.29 Å². The van der Waals surface area contributed by atoms with Crippen LogP contribution in [-0.4, -0.2) is 175 Å². The summed E-state index contributed by atoms with van der Waals surface area (Å²) in [6.45, 7) is 27.0. The zero-order valence-corrected chi connectivity index (χ0v) is 51.7. The number of benzene rings is 1. The number of likely N-dealkylation sites (tertiary alicyclic amines) is 1. The molecule has 0 radical (unpaired) electrons. The van der Waals surface area contributed by atoms with Crippen molar-refractivity contribution in [2.45, 2.75) is 197 Å². The summed E-state index contributed by atoms with van der Waals surface area (Å²) < 4.78 is 27.2. The van der Waals surface area contributed by atoms with E-state index >= 15 is 0 Å². The summed E-state index contributed by atoms with van der Waals surface area (Å²) in [7, 11) is 4.42. The topological polar surface area (TPSA) is 281 Å². The number of likely N-dealkylation sites (N-methyl/N-ethyl adjacent to an activating group) is 2. The summed E-state index contributed by atoms with van der Waals surface area (Å²) in [4.78, 5) is 114. The molecule has 22 nitrogen and oxygen atoms in total. The van der Waals surface area contributed by atoms with E-state index in [0.717, 1.165) is 17.7 Å². The number of aliphatic hydroxyl groups excluding tert-OH is 2. The molecular weight excluding hydrogens is 1050 g/mol. The molecular formula is C59H101N7O15. The van der Waals surface area contributed by atoms with Crippen molar-refractivity contribution in [2.75, 3.05) is 47.5 Å². The van der Waals surface area contributed by atoms with E-state index in [9.17, 15) is 48.6 Å². The minimum absolute atomic E-state index is 0.0687. The fourth-order valence-electron chi connectivity index (χ4n) is 10.3. The highest BCUT2D eigenvalue weighted by Gasteiger charge is 2.42. The van der Waals surface area contributed by atoms with Crippen LogP contribution in [0.4, 0.5) is 9.59 Å². The van der Waals surface area contributed by atoms with Crippen LogP contribution in [-0.2, 0) is 52.5 Å². The average molecular weight is 1150 g/mol. The highest BCUT2D eigenvalue weighted by Crippen LogP contribution is 2.32. The number of rotatable bonds is 33. The number of esters is 1. The Hall–Kier alpha value is -5.58. The molecule has 13 atom stereocenters. The molecule has 2 rings (SSSR count). The lowest BCUT2D eigenvalue weighted by Gasteiger charge is -2.40. The molecule has 1 heterocycles. The van der Waals surface area contributed by atoms with Gasteiger partial charge in [-0.15, -0.1) is 0 Å². The van der Waals surface area contributed by atoms with Crippen molar-refractivity contribution in [3.63, 3.8) is 0 Å². The van der Waals surface area contributed by atoms with Crippen molar-refractivity contribution < 1.29 is 72.3 Å². The van der Waals surface area contributed by atoms with Gasteiger partial charge in [0.1, 0.15) is 24.7 Å². The van der Waals surface area contributed by atoms with Crippen molar-refractivity contribution in [3.8, 4) is 0 Å². The molecule has 0 aliphatic carbocycles. The first-order valence-electron chi connectivity index (χ1n) is 29.0. The molecule has 1 aliphatic rings. The van der Waals surface area contributed by atoms with Crippen LogP contribution in [0.3, 0.4) is 0 Å². The quantitative estimate of drug-likeness (QED) is 0.0360. The first-order chi connectivity index (χ1) is 37.9. The minimum Gasteiger partial charge on any atom is -0.444 e. The van der Waals surface area contributed by atoms with Crippen molar-refractivity contribution >= 4 is 47.7 Å². The number of amides is 7. The SMILES string of the molecule is CCC(CO)OC(COC(=O)NCCC(=O)N[C@H](C(=O)OC(OC(=O)N(C)[C@H](C(=O)N[C@H](C(=O)N(C)C(C(C)C)[C@H](C)CC(=O)N1CCC[C@H]1[C@H](C)[C@@H](C)C(=O)N[C@H](C)[C@@H](O)c1ccccc1)C(C)C)C(C)C)C(C)C)C(C)C)OC. The number of methoxy groups -OCH3 is 1. The number of hydrogen-bond acceptors (Lipinski definition) is 15. The maximum atomic E-state index is 14.6. The van der Waals surface area contributed by atoms with Crippen molar-refractivity contribution in [1.29, 1.82) is 0 Å². The normalized spacial score (nSPS) is 18.1. The van der Waals surface area contributed by atoms with Gasteiger partial charge >= 0.3 is 18.2 Å². The van der Waals surface area contributed by atoms with Gasteiger partial charge in [0.2, 0.25) is 29.5 Å². The van der Waals surface area contributed by atoms with Crippen LogP contribution in [0.25, 0.3) is 0 Å². The van der Waals surface area contributed by atoms with Crippen LogP contribution in [0.1, 0.15) is 148 Å². The van der Waals surface area contributed by atoms with Gasteiger partial charge in [-0.25, -0.2) is 14.4 Å². The number of ether oxygens (including phenoxy) is 5. The van der Waals surface area contributed by atoms with Crippen molar-refractivity contribution in [3.05, 3.63) is 35.9 Å². The first kappa shape index (κ1) is 71.5. The number of nitrogens with one attached hydrogen (secondary N) is 4. The molecule has 462 valence electrons. The van der Waals surface area contributed by atoms with Gasteiger partial charge < -0.3 is 65.0 Å². The second kappa shape index (κ2) is 34.8. The van der Waals surface area contributed by atoms with E-state index in [0.29, 0.717) is 18.5 Å². The Labute approximate surface area is 482 Å². The van der Waals surface area contributed by atoms with Gasteiger partial charge in [-0.1, -0.05) is 127 Å². The molecule has 0 saturated carbocycles. The molecule has 22 heteroatoms. The second-order valence-corrected chi connectivity index (χ2v) is 23.5. The van der Waals surface area contributed by atoms with Gasteiger partial charge in [0.05, 0.1) is 24.9 Å². The summed E-state index contributed by atoms with van der Waals surface area (Å²) in [6, 6.07) is 4.69. The van der Waals surface area contributed by atoms with E-state index in [1.165, 1.54) is 14.2 Å². The molecule has 6 N–H and O–H groups in total. The standard InChI is InChI=1S/C59H101N7O15/c1-19-43(31-67)79-47(77-18)32-78-58(75)60-28-27-45(68)62-49(34(4)5)56(74)80-57(37(10)11)81-59(76)65(17)51(36(8)9)54(72)63-48(33(2)3)55(73)64(16)50(35(6)7)38(12)30-46(69)66-29-23-26-44(66)39(13)40(14)53(71)61-41(15)52(70)42-24-21-20-22-25-42/h20-22,24-25,33-41,43-44,47-52,57,67,70H,19,23,26-32H2,1-18H3,(H,60,75)(H,61,71)(H,62,68)(H,63,72)/t38-,39-,40-,41-,43?,44+,47?,48+,49+,50?,51+,52-,57?/m1/s1. The Morgan fingerprint density at radius 1 is 0.753 bits per heavy atom. The maximum Gasteiger partial charge on any atom is 0.413 e. The van der Waals surface area contributed by atoms with Crippen LogP contribution < -0.4 is 21.3 Å². The molecule has 1 aliphatic heterocycles. The van der Waals surface area contributed by atoms with E-state index in [1.807, 2.05) is 76.8 Å². The smallest absolute Gasteiger partial charge is 0.413 e. The van der Waals surface area contributed by atoms with Gasteiger partial charge in [-0.2, -0.15) is 0 Å². The summed E-state index contributed by atoms with van der Waals surface area (Å²) in [6.07, 6.45) is -3.60. The summed E-state index contributed by atoms with van der Waals surface area (Å²) in [5.74, 6) is -5.68. The van der Waals surface area contributed by atoms with E-state index in [4.69, 9.17) is 23.7 Å². The zero-order chi connectivity index (χ0) is 61.6. The van der Waals surface area contributed by atoms with E-state index in [-0.39, 0.29) is 74.1 Å². The van der Waals surface area contributed by atoms with E-state index in [1.54, 1.807) is 74.3 Å². The van der Waals surface area contributed by atoms with Crippen molar-refractivity contribution in [1.82, 2.24) is 36.0 Å². The summed E-state index contributed by atoms with van der Waals surface area (Å²) in [5.41, 5.74) is 0.704. The molecule has 1 fully saturated rings. The number of hydrogen-bond donors (Lipinski definition) is 6. The predicted octanol–water partition coefficient (Wildman–Crippen LogP) is 5.77. The Morgan fingerprint density at radius 3 is 1.90 bits per heavy atom. The molecule has 0 aromatic heterocycles. The van der Waals surface area contributed by atoms with E-state index < -0.39 is 115 Å². The van der Waals surface area contributed by atoms with Gasteiger partial charge in [0, 0.05) is 71.1 Å². The fourth-order valence-corrected chi connectivity index (χ4v) is 10.3. The molecule has 1 aromatic carbocycles. The number of alkyl carbamates (subject to hydrolysis) is 1. The third-order valence-electron chi connectivity index (χ3n) is 15.3. The van der Waals surface area contributed by atoms with Crippen LogP contribution in [0.5, 0.6) is 0 Å². The highest BCUT2D eigenvalue weighted by atomic mass is 16.7. The van der Waals surface area contributed by atoms with Crippen LogP contribution in [0.15, 0.2) is 30.3 Å². The summed E-state index contributed by atoms with van der Waals surface area (Å²) in [5, 5.41) is 31.2. The molecule has 0 bridgehead atoms. The highest BCUT2D eigenvalue weighted by molar-refractivity contribution is 5.92. The van der Waals surface area contributed by atoms with Gasteiger partial charge in [-0.05, 0) is 67.3 Å². The molecule has 1 aromatic rings. The van der Waals surface area contributed by atoms with Gasteiger partial charge in [-0.3, -0.25) is 28.9 Å². The van der Waals surface area contributed by atoms with Crippen LogP contribution in [0.2, 0.25) is 0 Å². The van der Waals surface area contributed by atoms with Crippen LogP contribution in [0, 0.1) is 47.3 Å². The van der Waals surface area contributed by atoms with Crippen molar-refractivity contribution in [2.24, 2.45) is 47.3 Å². The lowest BCUT2D eigenvalue weighted by atomic mass is 9.85. The molecule has 7 amide bonds. The Balaban J connectivity index is 2.12. The Morgan fingerprint density at radius 2 is 1.37 bits per heavy atom. The molecule has 4 unspecified atom stereocenters. The molecule has 0 spiro atoms. The number of aliphatic hydroxyl groups is 2. The maximum absolute atomic E-state index is 14.6. The number of carbonyl (C=O) groups excluding carboxylic acids is 8. The first-order valence-corrected chi connectivity index (χ1v) is 29.0. The number of carbonyl (C=O) groups is 8. The minimum atomic E-state index is -1.44. The van der Waals surface area contributed by atoms with Gasteiger partial charge in [0.15, 0.2) is 6.29 Å². The lowest BCUT2D eigenvalue weighted by Crippen LogP contribution is -2.59. The summed E-state index contributed by atoms with van der Waals surface area (Å²) >= 11 is 0. The fraction of sp³-hybridized carbons (Fsp3) is 0.763.